The number of rotatable bonds is 1. The van der Waals surface area contributed by atoms with Gasteiger partial charge in [0.15, 0.2) is 0 Å². The lowest BCUT2D eigenvalue weighted by Crippen LogP contribution is -2.31. The zero-order valence-corrected chi connectivity index (χ0v) is 8.77. The number of pyridine rings is 1. The highest BCUT2D eigenvalue weighted by molar-refractivity contribution is 7.97. The highest BCUT2D eigenvalue weighted by Crippen LogP contribution is 2.34. The van der Waals surface area contributed by atoms with Gasteiger partial charge in [-0.25, -0.2) is 0 Å². The molecule has 13 heavy (non-hydrogen) atoms. The van der Waals surface area contributed by atoms with Crippen LogP contribution in [0.3, 0.4) is 0 Å². The fourth-order valence-electron chi connectivity index (χ4n) is 1.79. The summed E-state index contributed by atoms with van der Waals surface area (Å²) >= 11 is 1.70. The van der Waals surface area contributed by atoms with Gasteiger partial charge in [-0.3, -0.25) is 9.71 Å². The van der Waals surface area contributed by atoms with Crippen LogP contribution in [0.2, 0.25) is 0 Å². The molecule has 1 aromatic rings. The van der Waals surface area contributed by atoms with E-state index in [2.05, 4.69) is 29.6 Å². The van der Waals surface area contributed by atoms with Crippen molar-refractivity contribution in [1.29, 1.82) is 0 Å². The van der Waals surface area contributed by atoms with Crippen molar-refractivity contribution in [3.63, 3.8) is 0 Å². The first-order valence-corrected chi connectivity index (χ1v) is 5.52. The molecule has 1 unspecified atom stereocenters. The zero-order chi connectivity index (χ0) is 9.26. The van der Waals surface area contributed by atoms with Crippen molar-refractivity contribution < 1.29 is 0 Å². The Balaban J connectivity index is 2.39. The first-order valence-electron chi connectivity index (χ1n) is 4.70. The molecule has 0 aromatic carbocycles. The van der Waals surface area contributed by atoms with Gasteiger partial charge in [0.1, 0.15) is 0 Å². The lowest BCUT2D eigenvalue weighted by molar-refractivity contribution is 0.497. The summed E-state index contributed by atoms with van der Waals surface area (Å²) in [5.74, 6) is 0.567. The number of nitrogens with one attached hydrogen (secondary N) is 1. The molecule has 0 aliphatic carbocycles. The third-order valence-corrected chi connectivity index (χ3v) is 3.60. The first kappa shape index (κ1) is 9.03. The summed E-state index contributed by atoms with van der Waals surface area (Å²) in [6, 6.07) is 4.66. The standard InChI is InChI=1S/C10H14N2S/c1-3-8-7(2)12-13-9-5-4-6-11-10(8)9/h4-8,12H,3H2,1-2H3/t7?,8-/m1/s1. The van der Waals surface area contributed by atoms with Crippen LogP contribution >= 0.6 is 11.9 Å². The van der Waals surface area contributed by atoms with Gasteiger partial charge in [0, 0.05) is 23.1 Å². The Hall–Kier alpha value is -0.540. The second-order valence-corrected chi connectivity index (χ2v) is 4.29. The SMILES string of the molecule is CC[C@H]1c2ncccc2SNC1C. The summed E-state index contributed by atoms with van der Waals surface area (Å²) < 4.78 is 3.42. The van der Waals surface area contributed by atoms with Gasteiger partial charge in [0.25, 0.3) is 0 Å². The Bertz CT molecular complexity index is 301. The van der Waals surface area contributed by atoms with Crippen molar-refractivity contribution in [1.82, 2.24) is 9.71 Å². The molecule has 1 aromatic heterocycles. The lowest BCUT2D eigenvalue weighted by atomic mass is 9.94. The summed E-state index contributed by atoms with van der Waals surface area (Å²) in [6.45, 7) is 4.44. The van der Waals surface area contributed by atoms with Crippen LogP contribution in [-0.4, -0.2) is 11.0 Å². The van der Waals surface area contributed by atoms with Gasteiger partial charge in [-0.2, -0.15) is 0 Å². The second-order valence-electron chi connectivity index (χ2n) is 3.41. The molecule has 0 amide bonds. The lowest BCUT2D eigenvalue weighted by Gasteiger charge is -2.29. The Kier molecular flexibility index (Phi) is 2.56. The number of hydrogen-bond acceptors (Lipinski definition) is 3. The summed E-state index contributed by atoms with van der Waals surface area (Å²) in [6.07, 6.45) is 3.04. The van der Waals surface area contributed by atoms with Crippen LogP contribution in [0.4, 0.5) is 0 Å². The molecule has 0 radical (unpaired) electrons. The van der Waals surface area contributed by atoms with Crippen molar-refractivity contribution >= 4 is 11.9 Å². The molecule has 0 bridgehead atoms. The van der Waals surface area contributed by atoms with Crippen LogP contribution in [-0.2, 0) is 0 Å². The van der Waals surface area contributed by atoms with Crippen molar-refractivity contribution in [2.45, 2.75) is 37.1 Å². The van der Waals surface area contributed by atoms with Crippen molar-refractivity contribution in [2.75, 3.05) is 0 Å². The average molecular weight is 194 g/mol. The largest absolute Gasteiger partial charge is 0.260 e. The molecule has 2 atom stereocenters. The molecule has 2 nitrogen and oxygen atoms in total. The van der Waals surface area contributed by atoms with Crippen molar-refractivity contribution in [3.8, 4) is 0 Å². The van der Waals surface area contributed by atoms with Gasteiger partial charge in [-0.1, -0.05) is 6.92 Å². The van der Waals surface area contributed by atoms with Gasteiger partial charge in [-0.05, 0) is 37.4 Å². The van der Waals surface area contributed by atoms with Crippen LogP contribution < -0.4 is 4.72 Å². The van der Waals surface area contributed by atoms with Crippen molar-refractivity contribution in [2.24, 2.45) is 0 Å². The minimum absolute atomic E-state index is 0.525. The van der Waals surface area contributed by atoms with Gasteiger partial charge >= 0.3 is 0 Å². The van der Waals surface area contributed by atoms with E-state index in [4.69, 9.17) is 0 Å². The molecule has 1 N–H and O–H groups in total. The normalized spacial score (nSPS) is 26.9. The van der Waals surface area contributed by atoms with Crippen LogP contribution in [0, 0.1) is 0 Å². The maximum atomic E-state index is 4.46. The number of hydrogen-bond donors (Lipinski definition) is 1. The summed E-state index contributed by atoms with van der Waals surface area (Å²) in [4.78, 5) is 5.75. The predicted molar refractivity (Wildman–Crippen MR) is 55.7 cm³/mol. The van der Waals surface area contributed by atoms with Gasteiger partial charge in [0.2, 0.25) is 0 Å². The summed E-state index contributed by atoms with van der Waals surface area (Å²) in [5, 5.41) is 0. The van der Waals surface area contributed by atoms with E-state index in [-0.39, 0.29) is 0 Å². The minimum atomic E-state index is 0.525. The maximum Gasteiger partial charge on any atom is 0.0598 e. The van der Waals surface area contributed by atoms with E-state index >= 15 is 0 Å². The molecule has 2 heterocycles. The Morgan fingerprint density at radius 2 is 2.46 bits per heavy atom. The summed E-state index contributed by atoms with van der Waals surface area (Å²) in [7, 11) is 0. The molecule has 0 spiro atoms. The maximum absolute atomic E-state index is 4.46. The topological polar surface area (TPSA) is 24.9 Å². The van der Waals surface area contributed by atoms with Gasteiger partial charge in [-0.15, -0.1) is 0 Å². The number of fused-ring (bicyclic) bond motifs is 1. The highest BCUT2D eigenvalue weighted by atomic mass is 32.2. The van der Waals surface area contributed by atoms with E-state index in [0.717, 1.165) is 6.42 Å². The monoisotopic (exact) mass is 194 g/mol. The molecular weight excluding hydrogens is 180 g/mol. The quantitative estimate of drug-likeness (QED) is 0.695. The minimum Gasteiger partial charge on any atom is -0.260 e. The molecule has 70 valence electrons. The number of nitrogens with zero attached hydrogens (tertiary/aromatic N) is 1. The first-order chi connectivity index (χ1) is 6.33. The Morgan fingerprint density at radius 3 is 3.23 bits per heavy atom. The fraction of sp³-hybridized carbons (Fsp3) is 0.500. The van der Waals surface area contributed by atoms with Crippen molar-refractivity contribution in [3.05, 3.63) is 24.0 Å². The Labute approximate surface area is 83.3 Å². The fourth-order valence-corrected chi connectivity index (χ4v) is 2.72. The third kappa shape index (κ3) is 1.58. The van der Waals surface area contributed by atoms with Gasteiger partial charge < -0.3 is 0 Å². The molecule has 1 aliphatic rings. The van der Waals surface area contributed by atoms with E-state index in [0.29, 0.717) is 12.0 Å². The average Bonchev–Trinajstić information content (AvgIpc) is 2.18. The third-order valence-electron chi connectivity index (χ3n) is 2.55. The second kappa shape index (κ2) is 3.68. The van der Waals surface area contributed by atoms with E-state index in [9.17, 15) is 0 Å². The number of aromatic nitrogens is 1. The predicted octanol–water partition coefficient (Wildman–Crippen LogP) is 2.57. The van der Waals surface area contributed by atoms with Crippen LogP contribution in [0.15, 0.2) is 23.2 Å². The molecule has 3 heteroatoms. The van der Waals surface area contributed by atoms with Crippen LogP contribution in [0.5, 0.6) is 0 Å². The van der Waals surface area contributed by atoms with Crippen LogP contribution in [0.1, 0.15) is 31.9 Å². The van der Waals surface area contributed by atoms with Crippen LogP contribution in [0.25, 0.3) is 0 Å². The molecule has 2 rings (SSSR count). The Morgan fingerprint density at radius 1 is 1.62 bits per heavy atom. The molecule has 0 saturated heterocycles. The van der Waals surface area contributed by atoms with Gasteiger partial charge in [0.05, 0.1) is 5.69 Å². The molecule has 0 saturated carbocycles. The zero-order valence-electron chi connectivity index (χ0n) is 7.95. The van der Waals surface area contributed by atoms with E-state index in [1.165, 1.54) is 10.6 Å². The smallest absolute Gasteiger partial charge is 0.0598 e. The highest BCUT2D eigenvalue weighted by Gasteiger charge is 2.26. The molecule has 1 aliphatic heterocycles. The van der Waals surface area contributed by atoms with E-state index in [1.54, 1.807) is 11.9 Å². The molecular formula is C10H14N2S. The van der Waals surface area contributed by atoms with E-state index < -0.39 is 0 Å². The molecule has 0 fully saturated rings. The summed E-state index contributed by atoms with van der Waals surface area (Å²) in [5.41, 5.74) is 1.27. The van der Waals surface area contributed by atoms with E-state index in [1.807, 2.05) is 12.3 Å².